The van der Waals surface area contributed by atoms with Gasteiger partial charge in [-0.05, 0) is 32.3 Å². The number of nitrogens with zero attached hydrogens (tertiary/aromatic N) is 1. The molecule has 0 aliphatic carbocycles. The fourth-order valence-electron chi connectivity index (χ4n) is 2.65. The summed E-state index contributed by atoms with van der Waals surface area (Å²) in [7, 11) is 0. The van der Waals surface area contributed by atoms with Gasteiger partial charge in [0.2, 0.25) is 0 Å². The quantitative estimate of drug-likeness (QED) is 0.789. The minimum atomic E-state index is -0.00975. The lowest BCUT2D eigenvalue weighted by Crippen LogP contribution is -2.35. The van der Waals surface area contributed by atoms with Gasteiger partial charge in [-0.3, -0.25) is 4.79 Å². The molecule has 1 fully saturated rings. The normalized spacial score (nSPS) is 16.0. The van der Waals surface area contributed by atoms with Crippen LogP contribution in [-0.4, -0.2) is 23.9 Å². The van der Waals surface area contributed by atoms with E-state index in [1.807, 2.05) is 24.0 Å². The van der Waals surface area contributed by atoms with Gasteiger partial charge in [0.15, 0.2) is 11.3 Å². The van der Waals surface area contributed by atoms with Crippen LogP contribution in [0.2, 0.25) is 5.02 Å². The van der Waals surface area contributed by atoms with Crippen molar-refractivity contribution in [1.29, 1.82) is 0 Å². The van der Waals surface area contributed by atoms with Gasteiger partial charge in [0.25, 0.3) is 5.91 Å². The molecule has 0 unspecified atom stereocenters. The molecule has 1 aliphatic rings. The van der Waals surface area contributed by atoms with Crippen molar-refractivity contribution in [3.63, 3.8) is 0 Å². The van der Waals surface area contributed by atoms with Crippen molar-refractivity contribution in [2.75, 3.05) is 13.1 Å². The highest BCUT2D eigenvalue weighted by Crippen LogP contribution is 2.31. The van der Waals surface area contributed by atoms with Gasteiger partial charge < -0.3 is 9.32 Å². The zero-order valence-corrected chi connectivity index (χ0v) is 11.7. The molecule has 1 saturated heterocycles. The van der Waals surface area contributed by atoms with Gasteiger partial charge >= 0.3 is 0 Å². The number of benzene rings is 1. The maximum atomic E-state index is 12.5. The first-order valence-corrected chi connectivity index (χ1v) is 7.03. The summed E-state index contributed by atoms with van der Waals surface area (Å²) in [5.41, 5.74) is 1.50. The van der Waals surface area contributed by atoms with Crippen molar-refractivity contribution >= 4 is 28.5 Å². The Hall–Kier alpha value is -1.48. The molecule has 1 aliphatic heterocycles. The number of hydrogen-bond acceptors (Lipinski definition) is 2. The molecule has 3 rings (SSSR count). The number of carbonyl (C=O) groups excluding carboxylic acids is 1. The van der Waals surface area contributed by atoms with Crippen molar-refractivity contribution in [3.8, 4) is 0 Å². The van der Waals surface area contributed by atoms with Gasteiger partial charge in [-0.2, -0.15) is 0 Å². The lowest BCUT2D eigenvalue weighted by molar-refractivity contribution is 0.0693. The molecule has 2 aromatic rings. The molecule has 0 saturated carbocycles. The van der Waals surface area contributed by atoms with Crippen LogP contribution < -0.4 is 0 Å². The molecule has 0 N–H and O–H groups in total. The van der Waals surface area contributed by atoms with Crippen LogP contribution in [0.1, 0.15) is 35.4 Å². The Kier molecular flexibility index (Phi) is 3.23. The van der Waals surface area contributed by atoms with Crippen molar-refractivity contribution in [1.82, 2.24) is 4.90 Å². The molecule has 0 bridgehead atoms. The van der Waals surface area contributed by atoms with Crippen molar-refractivity contribution in [3.05, 3.63) is 34.5 Å². The predicted octanol–water partition coefficient (Wildman–Crippen LogP) is 4.02. The fourth-order valence-corrected chi connectivity index (χ4v) is 2.87. The molecule has 3 nitrogen and oxygen atoms in total. The molecule has 0 atom stereocenters. The highest BCUT2D eigenvalue weighted by Gasteiger charge is 2.24. The van der Waals surface area contributed by atoms with Gasteiger partial charge in [0, 0.05) is 24.0 Å². The highest BCUT2D eigenvalue weighted by molar-refractivity contribution is 6.35. The predicted molar refractivity (Wildman–Crippen MR) is 75.7 cm³/mol. The average molecular weight is 278 g/mol. The molecular formula is C15H16ClNO2. The number of carbonyl (C=O) groups is 1. The minimum absolute atomic E-state index is 0.00975. The third kappa shape index (κ3) is 2.12. The Bertz CT molecular complexity index is 626. The first-order valence-electron chi connectivity index (χ1n) is 6.65. The summed E-state index contributed by atoms with van der Waals surface area (Å²) < 4.78 is 5.72. The van der Waals surface area contributed by atoms with Gasteiger partial charge in [-0.25, -0.2) is 0 Å². The second kappa shape index (κ2) is 4.89. The molecular weight excluding hydrogens is 262 g/mol. The smallest absolute Gasteiger partial charge is 0.289 e. The molecule has 0 radical (unpaired) electrons. The number of hydrogen-bond donors (Lipinski definition) is 0. The number of rotatable bonds is 1. The van der Waals surface area contributed by atoms with E-state index in [0.717, 1.165) is 36.9 Å². The van der Waals surface area contributed by atoms with E-state index in [0.29, 0.717) is 16.4 Å². The van der Waals surface area contributed by atoms with Gasteiger partial charge in [0.1, 0.15) is 0 Å². The van der Waals surface area contributed by atoms with E-state index in [-0.39, 0.29) is 5.91 Å². The Morgan fingerprint density at radius 2 is 2.00 bits per heavy atom. The lowest BCUT2D eigenvalue weighted by Gasteiger charge is -2.25. The highest BCUT2D eigenvalue weighted by atomic mass is 35.5. The molecule has 0 spiro atoms. The molecule has 100 valence electrons. The number of halogens is 1. The summed E-state index contributed by atoms with van der Waals surface area (Å²) in [6.45, 7) is 3.56. The zero-order chi connectivity index (χ0) is 13.4. The maximum absolute atomic E-state index is 12.5. The summed E-state index contributed by atoms with van der Waals surface area (Å²) in [6, 6.07) is 5.59. The molecule has 1 amide bonds. The van der Waals surface area contributed by atoms with Gasteiger partial charge in [-0.1, -0.05) is 23.7 Å². The second-order valence-corrected chi connectivity index (χ2v) is 5.43. The third-order valence-electron chi connectivity index (χ3n) is 3.75. The zero-order valence-electron chi connectivity index (χ0n) is 10.9. The van der Waals surface area contributed by atoms with E-state index in [9.17, 15) is 4.79 Å². The van der Waals surface area contributed by atoms with Crippen LogP contribution >= 0.6 is 11.6 Å². The summed E-state index contributed by atoms with van der Waals surface area (Å²) >= 11 is 6.11. The molecule has 1 aromatic heterocycles. The summed E-state index contributed by atoms with van der Waals surface area (Å²) in [6.07, 6.45) is 3.35. The number of likely N-dealkylation sites (tertiary alicyclic amines) is 1. The molecule has 4 heteroatoms. The molecule has 2 heterocycles. The van der Waals surface area contributed by atoms with E-state index in [4.69, 9.17) is 16.0 Å². The van der Waals surface area contributed by atoms with Crippen LogP contribution in [-0.2, 0) is 0 Å². The molecule has 1 aromatic carbocycles. The van der Waals surface area contributed by atoms with Crippen LogP contribution in [0, 0.1) is 6.92 Å². The maximum Gasteiger partial charge on any atom is 0.289 e. The van der Waals surface area contributed by atoms with Crippen molar-refractivity contribution in [2.45, 2.75) is 26.2 Å². The Morgan fingerprint density at radius 1 is 1.26 bits per heavy atom. The number of amides is 1. The third-order valence-corrected chi connectivity index (χ3v) is 4.05. The van der Waals surface area contributed by atoms with Crippen molar-refractivity contribution in [2.24, 2.45) is 0 Å². The fraction of sp³-hybridized carbons (Fsp3) is 0.400. The van der Waals surface area contributed by atoms with E-state index >= 15 is 0 Å². The Morgan fingerprint density at radius 3 is 2.68 bits per heavy atom. The van der Waals surface area contributed by atoms with Crippen LogP contribution in [0.3, 0.4) is 0 Å². The first-order chi connectivity index (χ1) is 9.18. The Labute approximate surface area is 117 Å². The van der Waals surface area contributed by atoms with Crippen LogP contribution in [0.5, 0.6) is 0 Å². The number of fused-ring (bicyclic) bond motifs is 1. The lowest BCUT2D eigenvalue weighted by atomic mass is 10.1. The SMILES string of the molecule is Cc1c(C(=O)N2CCCCC2)oc2c(Cl)cccc12. The molecule has 19 heavy (non-hydrogen) atoms. The summed E-state index contributed by atoms with van der Waals surface area (Å²) in [5, 5.41) is 1.48. The van der Waals surface area contributed by atoms with Gasteiger partial charge in [0.05, 0.1) is 5.02 Å². The summed E-state index contributed by atoms with van der Waals surface area (Å²) in [4.78, 5) is 14.4. The number of furan rings is 1. The van der Waals surface area contributed by atoms with Crippen LogP contribution in [0.4, 0.5) is 0 Å². The van der Waals surface area contributed by atoms with E-state index in [2.05, 4.69) is 0 Å². The standard InChI is InChI=1S/C15H16ClNO2/c1-10-11-6-5-7-12(16)14(11)19-13(10)15(18)17-8-3-2-4-9-17/h5-7H,2-4,8-9H2,1H3. The van der Waals surface area contributed by atoms with Crippen LogP contribution in [0.15, 0.2) is 22.6 Å². The van der Waals surface area contributed by atoms with E-state index in [1.165, 1.54) is 6.42 Å². The second-order valence-electron chi connectivity index (χ2n) is 5.03. The summed E-state index contributed by atoms with van der Waals surface area (Å²) in [5.74, 6) is 0.425. The number of aryl methyl sites for hydroxylation is 1. The number of piperidine rings is 1. The van der Waals surface area contributed by atoms with Crippen LogP contribution in [0.25, 0.3) is 11.0 Å². The van der Waals surface area contributed by atoms with E-state index < -0.39 is 0 Å². The topological polar surface area (TPSA) is 33.5 Å². The van der Waals surface area contributed by atoms with Gasteiger partial charge in [-0.15, -0.1) is 0 Å². The average Bonchev–Trinajstić information content (AvgIpc) is 2.78. The first kappa shape index (κ1) is 12.5. The van der Waals surface area contributed by atoms with Crippen molar-refractivity contribution < 1.29 is 9.21 Å². The Balaban J connectivity index is 2.02. The number of para-hydroxylation sites is 1. The minimum Gasteiger partial charge on any atom is -0.449 e. The largest absolute Gasteiger partial charge is 0.449 e. The van der Waals surface area contributed by atoms with E-state index in [1.54, 1.807) is 6.07 Å². The monoisotopic (exact) mass is 277 g/mol.